The van der Waals surface area contributed by atoms with Gasteiger partial charge in [-0.2, -0.15) is 0 Å². The molecule has 5 rings (SSSR count). The van der Waals surface area contributed by atoms with E-state index in [1.54, 1.807) is 4.90 Å². The number of aliphatic carboxylic acids is 1. The van der Waals surface area contributed by atoms with Gasteiger partial charge in [-0.1, -0.05) is 44.2 Å². The Bertz CT molecular complexity index is 1250. The summed E-state index contributed by atoms with van der Waals surface area (Å²) in [6, 6.07) is 13.1. The monoisotopic (exact) mass is 549 g/mol. The largest absolute Gasteiger partial charge is 0.493 e. The summed E-state index contributed by atoms with van der Waals surface area (Å²) < 4.78 is 5.67. The zero-order valence-corrected chi connectivity index (χ0v) is 23.4. The molecule has 3 atom stereocenters. The van der Waals surface area contributed by atoms with Crippen molar-refractivity contribution in [3.05, 3.63) is 64.7 Å². The van der Waals surface area contributed by atoms with Crippen LogP contribution in [0.3, 0.4) is 0 Å². The van der Waals surface area contributed by atoms with Crippen molar-refractivity contribution in [3.8, 4) is 5.75 Å². The third kappa shape index (κ3) is 5.71. The lowest BCUT2D eigenvalue weighted by molar-refractivity contribution is -0.188. The number of carboxylic acids is 1. The Kier molecular flexibility index (Phi) is 8.71. The zero-order chi connectivity index (χ0) is 28.2. The molecule has 2 aromatic carbocycles. The molecule has 0 radical (unpaired) electrons. The van der Waals surface area contributed by atoms with Crippen LogP contribution in [0.2, 0.25) is 0 Å². The summed E-state index contributed by atoms with van der Waals surface area (Å²) in [6.07, 6.45) is 2.81. The summed E-state index contributed by atoms with van der Waals surface area (Å²) >= 11 is 0. The summed E-state index contributed by atoms with van der Waals surface area (Å²) in [4.78, 5) is 48.8. The minimum absolute atomic E-state index is 0.0274. The first-order valence-electron chi connectivity index (χ1n) is 14.4. The minimum atomic E-state index is -0.884. The second kappa shape index (κ2) is 12.4. The second-order valence-corrected chi connectivity index (χ2v) is 10.9. The molecule has 9 nitrogen and oxygen atoms in total. The molecule has 1 N–H and O–H groups in total. The Balaban J connectivity index is 1.39. The van der Waals surface area contributed by atoms with E-state index in [-0.39, 0.29) is 24.3 Å². The average molecular weight is 550 g/mol. The quantitative estimate of drug-likeness (QED) is 0.403. The van der Waals surface area contributed by atoms with Crippen LogP contribution < -0.4 is 4.74 Å². The Morgan fingerprint density at radius 2 is 1.95 bits per heavy atom. The molecule has 0 aliphatic carbocycles. The number of fused-ring (bicyclic) bond motifs is 2. The molecule has 1 fully saturated rings. The number of likely N-dealkylation sites (tertiary alicyclic amines) is 1. The van der Waals surface area contributed by atoms with Crippen molar-refractivity contribution < 1.29 is 29.1 Å². The molecule has 3 aliphatic rings. The predicted molar refractivity (Wildman–Crippen MR) is 149 cm³/mol. The van der Waals surface area contributed by atoms with Crippen molar-refractivity contribution in [2.24, 2.45) is 5.92 Å². The van der Waals surface area contributed by atoms with E-state index in [0.717, 1.165) is 41.7 Å². The minimum Gasteiger partial charge on any atom is -0.493 e. The van der Waals surface area contributed by atoms with Crippen molar-refractivity contribution in [2.45, 2.75) is 58.0 Å². The van der Waals surface area contributed by atoms with Gasteiger partial charge in [-0.05, 0) is 48.1 Å². The maximum atomic E-state index is 13.4. The first-order chi connectivity index (χ1) is 19.4. The highest BCUT2D eigenvalue weighted by Gasteiger charge is 2.47. The van der Waals surface area contributed by atoms with Gasteiger partial charge in [0, 0.05) is 50.1 Å². The number of rotatable bonds is 12. The molecule has 0 unspecified atom stereocenters. The van der Waals surface area contributed by atoms with Crippen LogP contribution >= 0.6 is 0 Å². The van der Waals surface area contributed by atoms with E-state index in [2.05, 4.69) is 6.07 Å². The predicted octanol–water partition coefficient (Wildman–Crippen LogP) is 3.72. The highest BCUT2D eigenvalue weighted by Crippen LogP contribution is 2.41. The Morgan fingerprint density at radius 1 is 1.12 bits per heavy atom. The number of carboxylic acid groups (broad SMARTS) is 1. The maximum absolute atomic E-state index is 13.4. The Morgan fingerprint density at radius 3 is 2.70 bits per heavy atom. The first-order valence-corrected chi connectivity index (χ1v) is 14.4. The van der Waals surface area contributed by atoms with Crippen molar-refractivity contribution >= 4 is 17.8 Å². The molecule has 0 spiro atoms. The van der Waals surface area contributed by atoms with Gasteiger partial charge in [0.25, 0.3) is 11.8 Å². The highest BCUT2D eigenvalue weighted by molar-refractivity contribution is 5.98. The number of ether oxygens (including phenoxy) is 1. The molecule has 0 bridgehead atoms. The molecule has 0 saturated carbocycles. The Hall–Kier alpha value is -3.43. The number of carbonyl (C=O) groups excluding carboxylic acids is 2. The lowest BCUT2D eigenvalue weighted by Crippen LogP contribution is -2.45. The fraction of sp³-hybridized carbons (Fsp3) is 0.516. The van der Waals surface area contributed by atoms with E-state index in [1.165, 1.54) is 5.06 Å². The summed E-state index contributed by atoms with van der Waals surface area (Å²) in [6.45, 7) is 6.99. The molecule has 9 heteroatoms. The average Bonchev–Trinajstić information content (AvgIpc) is 3.65. The zero-order valence-electron chi connectivity index (χ0n) is 23.4. The third-order valence-corrected chi connectivity index (χ3v) is 8.26. The molecule has 0 aromatic heterocycles. The van der Waals surface area contributed by atoms with Crippen LogP contribution in [0.1, 0.15) is 66.1 Å². The summed E-state index contributed by atoms with van der Waals surface area (Å²) in [7, 11) is 0. The van der Waals surface area contributed by atoms with Gasteiger partial charge in [-0.3, -0.25) is 24.1 Å². The van der Waals surface area contributed by atoms with E-state index in [9.17, 15) is 19.5 Å². The van der Waals surface area contributed by atoms with E-state index in [4.69, 9.17) is 9.57 Å². The number of carbonyl (C=O) groups is 3. The number of hydrogen-bond acceptors (Lipinski definition) is 6. The van der Waals surface area contributed by atoms with Crippen molar-refractivity contribution in [3.63, 3.8) is 0 Å². The molecule has 2 amide bonds. The molecular weight excluding hydrogens is 510 g/mol. The number of benzene rings is 2. The van der Waals surface area contributed by atoms with Gasteiger partial charge >= 0.3 is 5.97 Å². The van der Waals surface area contributed by atoms with Crippen LogP contribution in [0.4, 0.5) is 0 Å². The van der Waals surface area contributed by atoms with Gasteiger partial charge in [-0.25, -0.2) is 5.06 Å². The molecular formula is C31H39N3O6. The lowest BCUT2D eigenvalue weighted by Gasteiger charge is -2.30. The van der Waals surface area contributed by atoms with Crippen molar-refractivity contribution in [2.75, 3.05) is 39.4 Å². The van der Waals surface area contributed by atoms with Gasteiger partial charge in [-0.15, -0.1) is 0 Å². The van der Waals surface area contributed by atoms with Crippen LogP contribution in [0.25, 0.3) is 0 Å². The van der Waals surface area contributed by atoms with Crippen molar-refractivity contribution in [1.82, 2.24) is 14.9 Å². The van der Waals surface area contributed by atoms with Gasteiger partial charge in [0.1, 0.15) is 5.75 Å². The summed E-state index contributed by atoms with van der Waals surface area (Å²) in [5.41, 5.74) is 3.74. The van der Waals surface area contributed by atoms with Crippen LogP contribution in [-0.4, -0.2) is 83.2 Å². The van der Waals surface area contributed by atoms with Crippen LogP contribution in [0.5, 0.6) is 5.75 Å². The fourth-order valence-electron chi connectivity index (χ4n) is 6.33. The normalized spacial score (nSPS) is 21.8. The van der Waals surface area contributed by atoms with Gasteiger partial charge in [0.15, 0.2) is 0 Å². The van der Waals surface area contributed by atoms with E-state index >= 15 is 0 Å². The smallest absolute Gasteiger partial charge is 0.308 e. The second-order valence-electron chi connectivity index (χ2n) is 10.9. The third-order valence-electron chi connectivity index (χ3n) is 8.26. The van der Waals surface area contributed by atoms with Gasteiger partial charge in [0.05, 0.1) is 25.7 Å². The molecule has 3 heterocycles. The molecule has 2 aromatic rings. The Labute approximate surface area is 235 Å². The molecule has 214 valence electrons. The summed E-state index contributed by atoms with van der Waals surface area (Å²) in [5, 5.41) is 11.9. The molecule has 40 heavy (non-hydrogen) atoms. The van der Waals surface area contributed by atoms with E-state index < -0.39 is 17.9 Å². The number of hydrogen-bond donors (Lipinski definition) is 1. The fourth-order valence-corrected chi connectivity index (χ4v) is 6.33. The lowest BCUT2D eigenvalue weighted by atomic mass is 9.83. The maximum Gasteiger partial charge on any atom is 0.308 e. The van der Waals surface area contributed by atoms with Gasteiger partial charge in [0.2, 0.25) is 0 Å². The number of amides is 2. The molecule has 1 saturated heterocycles. The highest BCUT2D eigenvalue weighted by atomic mass is 16.7. The summed E-state index contributed by atoms with van der Waals surface area (Å²) in [5.74, 6) is -1.23. The van der Waals surface area contributed by atoms with Crippen LogP contribution in [0, 0.1) is 5.92 Å². The first kappa shape index (κ1) is 28.1. The topological polar surface area (TPSA) is 99.6 Å². The van der Waals surface area contributed by atoms with E-state index in [1.807, 2.05) is 55.1 Å². The van der Waals surface area contributed by atoms with E-state index in [0.29, 0.717) is 51.4 Å². The molecule has 3 aliphatic heterocycles. The van der Waals surface area contributed by atoms with Crippen LogP contribution in [-0.2, 0) is 27.4 Å². The SMILES string of the molecule is CCCON(CCC)C(=O)CN1C[C@H](c2ccc3c(c2)CCO3)[C@@H](C(=O)O)[C@@H]1CCN1Cc2ccccc2C1=O. The number of hydroxylamine groups is 2. The van der Waals surface area contributed by atoms with Gasteiger partial charge < -0.3 is 14.7 Å². The van der Waals surface area contributed by atoms with Crippen molar-refractivity contribution in [1.29, 1.82) is 0 Å². The number of nitrogens with zero attached hydrogens (tertiary/aromatic N) is 3. The van der Waals surface area contributed by atoms with Crippen LogP contribution in [0.15, 0.2) is 42.5 Å². The standard InChI is InChI=1S/C31H39N3O6/c1-3-13-34(40-15-4-2)28(35)20-33-19-25(21-9-10-27-22(17-21)12-16-39-27)29(31(37)38)26(33)11-14-32-18-23-7-5-6-8-24(23)30(32)36/h5-10,17,25-26,29H,3-4,11-16,18-20H2,1-2H3,(H,37,38)/t25-,26+,29-/m1/s1.